The van der Waals surface area contributed by atoms with Crippen LogP contribution in [0, 0.1) is 11.8 Å². The maximum Gasteiger partial charge on any atom is 0.312 e. The Morgan fingerprint density at radius 1 is 0.854 bits per heavy atom. The molecule has 0 heterocycles. The average molecular weight is 576 g/mol. The SMILES string of the molecule is CCC(=O)OCc1ccc(NC(=O)[C@H](CCCNC(N)=O)NC(=O)[C@@H](NC(=O)CCCCCC(C)C)C(C)C)cc1. The number of carbonyl (C=O) groups excluding carboxylic acids is 5. The van der Waals surface area contributed by atoms with Gasteiger partial charge in [0.15, 0.2) is 0 Å². The van der Waals surface area contributed by atoms with Crippen molar-refractivity contribution in [3.63, 3.8) is 0 Å². The van der Waals surface area contributed by atoms with Gasteiger partial charge in [-0.2, -0.15) is 0 Å². The standard InChI is InChI=1S/C30H49N5O6/c1-6-26(37)41-19-22-14-16-23(17-15-22)33-28(38)24(12-10-18-32-30(31)40)34-29(39)27(21(4)5)35-25(36)13-9-7-8-11-20(2)3/h14-17,20-21,24,27H,6-13,18-19H2,1-5H3,(H,33,38)(H,34,39)(H,35,36)(H3,31,32,40)/t24-,27-/m0/s1. The predicted molar refractivity (Wildman–Crippen MR) is 159 cm³/mol. The number of anilines is 1. The topological polar surface area (TPSA) is 169 Å². The van der Waals surface area contributed by atoms with Crippen LogP contribution in [0.5, 0.6) is 0 Å². The van der Waals surface area contributed by atoms with E-state index >= 15 is 0 Å². The van der Waals surface area contributed by atoms with Gasteiger partial charge in [-0.15, -0.1) is 0 Å². The third-order valence-corrected chi connectivity index (χ3v) is 6.46. The molecule has 0 aliphatic rings. The largest absolute Gasteiger partial charge is 0.461 e. The monoisotopic (exact) mass is 575 g/mol. The molecule has 0 unspecified atom stereocenters. The third kappa shape index (κ3) is 15.7. The molecule has 0 saturated carbocycles. The molecule has 1 aromatic rings. The van der Waals surface area contributed by atoms with E-state index in [1.807, 2.05) is 13.8 Å². The summed E-state index contributed by atoms with van der Waals surface area (Å²) in [6.45, 7) is 10.1. The molecule has 0 spiro atoms. The Balaban J connectivity index is 2.82. The minimum Gasteiger partial charge on any atom is -0.461 e. The van der Waals surface area contributed by atoms with Crippen LogP contribution in [0.25, 0.3) is 0 Å². The summed E-state index contributed by atoms with van der Waals surface area (Å²) in [5.74, 6) is -0.963. The van der Waals surface area contributed by atoms with Crippen LogP contribution in [0.4, 0.5) is 10.5 Å². The van der Waals surface area contributed by atoms with Crippen LogP contribution >= 0.6 is 0 Å². The van der Waals surface area contributed by atoms with Gasteiger partial charge in [0.1, 0.15) is 18.7 Å². The highest BCUT2D eigenvalue weighted by atomic mass is 16.5. The summed E-state index contributed by atoms with van der Waals surface area (Å²) < 4.78 is 5.12. The van der Waals surface area contributed by atoms with Gasteiger partial charge in [-0.25, -0.2) is 4.79 Å². The Bertz CT molecular complexity index is 980. The molecule has 0 aromatic heterocycles. The van der Waals surface area contributed by atoms with Crippen molar-refractivity contribution < 1.29 is 28.7 Å². The third-order valence-electron chi connectivity index (χ3n) is 6.46. The summed E-state index contributed by atoms with van der Waals surface area (Å²) in [7, 11) is 0. The first-order chi connectivity index (χ1) is 19.4. The van der Waals surface area contributed by atoms with Crippen molar-refractivity contribution in [1.29, 1.82) is 0 Å². The van der Waals surface area contributed by atoms with Crippen molar-refractivity contribution in [2.45, 2.75) is 105 Å². The molecule has 0 aliphatic heterocycles. The summed E-state index contributed by atoms with van der Waals surface area (Å²) in [6.07, 6.45) is 5.14. The quantitative estimate of drug-likeness (QED) is 0.124. The zero-order chi connectivity index (χ0) is 30.8. The number of hydrogen-bond acceptors (Lipinski definition) is 6. The number of benzene rings is 1. The lowest BCUT2D eigenvalue weighted by atomic mass is 10.0. The molecule has 1 rings (SSSR count). The van der Waals surface area contributed by atoms with Crippen LogP contribution in [0.2, 0.25) is 0 Å². The zero-order valence-corrected chi connectivity index (χ0v) is 25.2. The number of carbonyl (C=O) groups is 5. The number of nitrogens with one attached hydrogen (secondary N) is 4. The highest BCUT2D eigenvalue weighted by Gasteiger charge is 2.28. The first-order valence-electron chi connectivity index (χ1n) is 14.6. The van der Waals surface area contributed by atoms with Gasteiger partial charge in [-0.05, 0) is 48.8 Å². The van der Waals surface area contributed by atoms with Crippen molar-refractivity contribution in [3.05, 3.63) is 29.8 Å². The van der Waals surface area contributed by atoms with Gasteiger partial charge in [0.25, 0.3) is 0 Å². The smallest absolute Gasteiger partial charge is 0.312 e. The molecule has 230 valence electrons. The lowest BCUT2D eigenvalue weighted by molar-refractivity contribution is -0.144. The fourth-order valence-corrected chi connectivity index (χ4v) is 4.02. The van der Waals surface area contributed by atoms with E-state index in [1.54, 1.807) is 31.2 Å². The van der Waals surface area contributed by atoms with Crippen LogP contribution in [0.15, 0.2) is 24.3 Å². The maximum absolute atomic E-state index is 13.2. The average Bonchev–Trinajstić information content (AvgIpc) is 2.91. The van der Waals surface area contributed by atoms with Gasteiger partial charge >= 0.3 is 12.0 Å². The maximum atomic E-state index is 13.2. The Kier molecular flexibility index (Phi) is 16.8. The number of urea groups is 1. The molecule has 0 fully saturated rings. The number of hydrogen-bond donors (Lipinski definition) is 5. The molecule has 0 bridgehead atoms. The summed E-state index contributed by atoms with van der Waals surface area (Å²) in [5, 5.41) is 10.9. The molecule has 0 saturated heterocycles. The van der Waals surface area contributed by atoms with E-state index in [0.717, 1.165) is 31.2 Å². The number of primary amides is 1. The second-order valence-corrected chi connectivity index (χ2v) is 11.0. The minimum absolute atomic E-state index is 0.132. The molecule has 0 aliphatic carbocycles. The van der Waals surface area contributed by atoms with E-state index in [2.05, 4.69) is 35.1 Å². The Hall–Kier alpha value is -3.63. The normalized spacial score (nSPS) is 12.4. The fraction of sp³-hybridized carbons (Fsp3) is 0.633. The lowest BCUT2D eigenvalue weighted by Gasteiger charge is -2.25. The van der Waals surface area contributed by atoms with Gasteiger partial charge in [0.2, 0.25) is 17.7 Å². The van der Waals surface area contributed by atoms with Crippen LogP contribution in [0.3, 0.4) is 0 Å². The van der Waals surface area contributed by atoms with Gasteiger partial charge in [-0.1, -0.05) is 66.0 Å². The summed E-state index contributed by atoms with van der Waals surface area (Å²) in [4.78, 5) is 61.4. The Morgan fingerprint density at radius 3 is 2.12 bits per heavy atom. The first-order valence-corrected chi connectivity index (χ1v) is 14.6. The Morgan fingerprint density at radius 2 is 1.54 bits per heavy atom. The number of amides is 5. The van der Waals surface area contributed by atoms with Crippen LogP contribution < -0.4 is 27.0 Å². The van der Waals surface area contributed by atoms with E-state index in [4.69, 9.17) is 10.5 Å². The first kappa shape index (κ1) is 35.4. The van der Waals surface area contributed by atoms with Gasteiger partial charge in [0, 0.05) is 25.1 Å². The Labute approximate surface area is 244 Å². The van der Waals surface area contributed by atoms with E-state index in [-0.39, 0.29) is 43.8 Å². The number of esters is 1. The van der Waals surface area contributed by atoms with Crippen molar-refractivity contribution in [2.75, 3.05) is 11.9 Å². The van der Waals surface area contributed by atoms with Gasteiger partial charge in [0.05, 0.1) is 0 Å². The summed E-state index contributed by atoms with van der Waals surface area (Å²) >= 11 is 0. The molecule has 11 nitrogen and oxygen atoms in total. The molecule has 2 atom stereocenters. The highest BCUT2D eigenvalue weighted by molar-refractivity contribution is 5.98. The second kappa shape index (κ2) is 19.4. The second-order valence-electron chi connectivity index (χ2n) is 11.0. The van der Waals surface area contributed by atoms with Gasteiger partial charge < -0.3 is 31.7 Å². The molecule has 6 N–H and O–H groups in total. The van der Waals surface area contributed by atoms with Crippen LogP contribution in [-0.2, 0) is 30.5 Å². The molecule has 0 radical (unpaired) electrons. The van der Waals surface area contributed by atoms with Crippen LogP contribution in [0.1, 0.15) is 91.5 Å². The van der Waals surface area contributed by atoms with Crippen LogP contribution in [-0.4, -0.2) is 48.4 Å². The molecule has 41 heavy (non-hydrogen) atoms. The number of ether oxygens (including phenoxy) is 1. The van der Waals surface area contributed by atoms with Crippen molar-refractivity contribution in [3.8, 4) is 0 Å². The predicted octanol–water partition coefficient (Wildman–Crippen LogP) is 3.76. The van der Waals surface area contributed by atoms with E-state index < -0.39 is 29.9 Å². The van der Waals surface area contributed by atoms with Crippen molar-refractivity contribution >= 4 is 35.4 Å². The zero-order valence-electron chi connectivity index (χ0n) is 25.2. The van der Waals surface area contributed by atoms with Gasteiger partial charge in [-0.3, -0.25) is 19.2 Å². The number of unbranched alkanes of at least 4 members (excludes halogenated alkanes) is 2. The minimum atomic E-state index is -0.920. The number of rotatable bonds is 19. The van der Waals surface area contributed by atoms with Crippen molar-refractivity contribution in [2.24, 2.45) is 17.6 Å². The molecular weight excluding hydrogens is 526 g/mol. The summed E-state index contributed by atoms with van der Waals surface area (Å²) in [6, 6.07) is 4.43. The highest BCUT2D eigenvalue weighted by Crippen LogP contribution is 2.13. The molecule has 1 aromatic carbocycles. The van der Waals surface area contributed by atoms with E-state index in [9.17, 15) is 24.0 Å². The van der Waals surface area contributed by atoms with E-state index in [1.165, 1.54) is 0 Å². The lowest BCUT2D eigenvalue weighted by Crippen LogP contribution is -2.54. The number of nitrogens with two attached hydrogens (primary N) is 1. The summed E-state index contributed by atoms with van der Waals surface area (Å²) in [5.41, 5.74) is 6.39. The fourth-order valence-electron chi connectivity index (χ4n) is 4.02. The van der Waals surface area contributed by atoms with Crippen molar-refractivity contribution in [1.82, 2.24) is 16.0 Å². The molecular formula is C30H49N5O6. The molecule has 5 amide bonds. The van der Waals surface area contributed by atoms with E-state index in [0.29, 0.717) is 24.4 Å². The molecule has 11 heteroatoms.